The number of rotatable bonds is 5. The smallest absolute Gasteiger partial charge is 0.348 e. The number of hydrogen-bond donors (Lipinski definition) is 2. The van der Waals surface area contributed by atoms with Crippen molar-refractivity contribution in [2.24, 2.45) is 5.41 Å². The van der Waals surface area contributed by atoms with E-state index in [-0.39, 0.29) is 11.3 Å². The van der Waals surface area contributed by atoms with E-state index in [4.69, 9.17) is 11.6 Å². The molecule has 0 aliphatic heterocycles. The van der Waals surface area contributed by atoms with Gasteiger partial charge in [-0.2, -0.15) is 4.98 Å². The molecule has 0 bridgehead atoms. The average Bonchev–Trinajstić information content (AvgIpc) is 2.79. The molecule has 0 saturated heterocycles. The number of aromatic nitrogens is 3. The third-order valence-corrected chi connectivity index (χ3v) is 6.26. The molecule has 2 aromatic carbocycles. The van der Waals surface area contributed by atoms with Crippen LogP contribution in [0.15, 0.2) is 53.3 Å². The summed E-state index contributed by atoms with van der Waals surface area (Å²) in [5, 5.41) is 3.53. The fourth-order valence-corrected chi connectivity index (χ4v) is 4.25. The molecular formula is C24H25ClN4O2. The van der Waals surface area contributed by atoms with Gasteiger partial charge in [-0.25, -0.2) is 9.78 Å². The third kappa shape index (κ3) is 4.85. The number of nitrogens with zero attached hydrogens (tertiary/aromatic N) is 2. The van der Waals surface area contributed by atoms with Crippen molar-refractivity contribution in [3.05, 3.63) is 69.6 Å². The molecule has 31 heavy (non-hydrogen) atoms. The minimum atomic E-state index is -0.496. The highest BCUT2D eigenvalue weighted by Crippen LogP contribution is 2.36. The standard InChI is InChI=1S/C24H25ClN4O2/c1-24(12-6-3-7-13-24)22(30)26-15-16-10-11-19(25)18(14-16)21-27-20(28-23(31)29-21)17-8-4-2-5-9-17/h2,4-5,8-11,14H,3,6-7,12-13,15H2,1H3,(H,26,30)(H,27,28,29,31). The summed E-state index contributed by atoms with van der Waals surface area (Å²) in [6, 6.07) is 14.8. The average molecular weight is 437 g/mol. The summed E-state index contributed by atoms with van der Waals surface area (Å²) in [4.78, 5) is 36.1. The molecule has 1 aliphatic rings. The van der Waals surface area contributed by atoms with Crippen LogP contribution in [0.25, 0.3) is 22.8 Å². The lowest BCUT2D eigenvalue weighted by atomic mass is 9.75. The van der Waals surface area contributed by atoms with Gasteiger partial charge in [0.15, 0.2) is 5.82 Å². The molecular weight excluding hydrogens is 412 g/mol. The van der Waals surface area contributed by atoms with Crippen molar-refractivity contribution in [1.29, 1.82) is 0 Å². The Bertz CT molecular complexity index is 1140. The van der Waals surface area contributed by atoms with Gasteiger partial charge in [0.05, 0.1) is 5.02 Å². The number of nitrogens with one attached hydrogen (secondary N) is 2. The molecule has 4 rings (SSSR count). The molecule has 1 fully saturated rings. The second kappa shape index (κ2) is 9.02. The molecule has 1 amide bonds. The normalized spacial score (nSPS) is 15.4. The predicted octanol–water partition coefficient (Wildman–Crippen LogP) is 4.74. The van der Waals surface area contributed by atoms with Gasteiger partial charge in [0.2, 0.25) is 5.91 Å². The van der Waals surface area contributed by atoms with Crippen LogP contribution in [0.2, 0.25) is 5.02 Å². The van der Waals surface area contributed by atoms with E-state index in [0.717, 1.165) is 36.8 Å². The number of amides is 1. The molecule has 1 heterocycles. The second-order valence-electron chi connectivity index (χ2n) is 8.31. The van der Waals surface area contributed by atoms with Crippen molar-refractivity contribution in [2.75, 3.05) is 0 Å². The van der Waals surface area contributed by atoms with Gasteiger partial charge in [0.1, 0.15) is 5.82 Å². The largest absolute Gasteiger partial charge is 0.352 e. The summed E-state index contributed by atoms with van der Waals surface area (Å²) in [5.74, 6) is 0.765. The Morgan fingerprint density at radius 2 is 1.84 bits per heavy atom. The Balaban J connectivity index is 1.58. The lowest BCUT2D eigenvalue weighted by Gasteiger charge is -2.32. The first kappa shape index (κ1) is 21.2. The van der Waals surface area contributed by atoms with Crippen LogP contribution < -0.4 is 11.0 Å². The Morgan fingerprint density at radius 3 is 2.58 bits per heavy atom. The van der Waals surface area contributed by atoms with Crippen molar-refractivity contribution in [2.45, 2.75) is 45.6 Å². The Kier molecular flexibility index (Phi) is 6.18. The Hall–Kier alpha value is -2.99. The molecule has 1 aromatic heterocycles. The molecule has 6 nitrogen and oxygen atoms in total. The zero-order valence-corrected chi connectivity index (χ0v) is 18.2. The van der Waals surface area contributed by atoms with Crippen LogP contribution in [0.3, 0.4) is 0 Å². The van der Waals surface area contributed by atoms with E-state index < -0.39 is 5.69 Å². The number of hydrogen-bond acceptors (Lipinski definition) is 4. The summed E-state index contributed by atoms with van der Waals surface area (Å²) < 4.78 is 0. The molecule has 160 valence electrons. The van der Waals surface area contributed by atoms with Gasteiger partial charge >= 0.3 is 5.69 Å². The van der Waals surface area contributed by atoms with E-state index in [9.17, 15) is 9.59 Å². The van der Waals surface area contributed by atoms with Gasteiger partial charge in [-0.05, 0) is 30.5 Å². The van der Waals surface area contributed by atoms with Crippen molar-refractivity contribution in [3.8, 4) is 22.8 Å². The lowest BCUT2D eigenvalue weighted by molar-refractivity contribution is -0.132. The highest BCUT2D eigenvalue weighted by molar-refractivity contribution is 6.33. The van der Waals surface area contributed by atoms with Crippen LogP contribution >= 0.6 is 11.6 Å². The quantitative estimate of drug-likeness (QED) is 0.604. The molecule has 0 unspecified atom stereocenters. The highest BCUT2D eigenvalue weighted by Gasteiger charge is 2.34. The molecule has 1 saturated carbocycles. The molecule has 3 aromatic rings. The van der Waals surface area contributed by atoms with E-state index in [2.05, 4.69) is 20.3 Å². The monoisotopic (exact) mass is 436 g/mol. The summed E-state index contributed by atoms with van der Waals surface area (Å²) in [7, 11) is 0. The fraction of sp³-hybridized carbons (Fsp3) is 0.333. The first-order valence-electron chi connectivity index (χ1n) is 10.6. The molecule has 2 N–H and O–H groups in total. The van der Waals surface area contributed by atoms with E-state index in [1.165, 1.54) is 6.42 Å². The first-order chi connectivity index (χ1) is 14.9. The summed E-state index contributed by atoms with van der Waals surface area (Å²) in [6.45, 7) is 2.44. The summed E-state index contributed by atoms with van der Waals surface area (Å²) in [5.41, 5.74) is 1.43. The molecule has 7 heteroatoms. The zero-order chi connectivity index (χ0) is 21.8. The molecule has 0 radical (unpaired) electrons. The number of H-pyrrole nitrogens is 1. The van der Waals surface area contributed by atoms with Gasteiger partial charge in [-0.15, -0.1) is 0 Å². The number of benzene rings is 2. The minimum Gasteiger partial charge on any atom is -0.352 e. The third-order valence-electron chi connectivity index (χ3n) is 5.93. The maximum atomic E-state index is 12.8. The fourth-order valence-electron chi connectivity index (χ4n) is 4.05. The van der Waals surface area contributed by atoms with Gasteiger partial charge < -0.3 is 5.32 Å². The van der Waals surface area contributed by atoms with Crippen LogP contribution in [0, 0.1) is 5.41 Å². The SMILES string of the molecule is CC1(C(=O)NCc2ccc(Cl)c(-c3nc(-c4ccccc4)nc(=O)[nH]3)c2)CCCCC1. The van der Waals surface area contributed by atoms with Gasteiger partial charge in [-0.3, -0.25) is 9.78 Å². The van der Waals surface area contributed by atoms with Gasteiger partial charge in [0.25, 0.3) is 0 Å². The van der Waals surface area contributed by atoms with Crippen molar-refractivity contribution in [3.63, 3.8) is 0 Å². The van der Waals surface area contributed by atoms with E-state index in [1.807, 2.05) is 49.4 Å². The summed E-state index contributed by atoms with van der Waals surface area (Å²) in [6.07, 6.45) is 5.25. The molecule has 0 spiro atoms. The maximum absolute atomic E-state index is 12.8. The molecule has 0 atom stereocenters. The van der Waals surface area contributed by atoms with Crippen LogP contribution in [-0.4, -0.2) is 20.9 Å². The number of aromatic amines is 1. The Labute approximate surface area is 186 Å². The number of carbonyl (C=O) groups excluding carboxylic acids is 1. The van der Waals surface area contributed by atoms with Crippen molar-refractivity contribution < 1.29 is 4.79 Å². The Morgan fingerprint density at radius 1 is 1.10 bits per heavy atom. The van der Waals surface area contributed by atoms with Crippen molar-refractivity contribution >= 4 is 17.5 Å². The van der Waals surface area contributed by atoms with Gasteiger partial charge in [0, 0.05) is 23.1 Å². The van der Waals surface area contributed by atoms with Crippen LogP contribution in [0.4, 0.5) is 0 Å². The molecule has 1 aliphatic carbocycles. The maximum Gasteiger partial charge on any atom is 0.348 e. The van der Waals surface area contributed by atoms with E-state index in [0.29, 0.717) is 28.8 Å². The number of halogens is 1. The van der Waals surface area contributed by atoms with E-state index in [1.54, 1.807) is 6.07 Å². The van der Waals surface area contributed by atoms with E-state index >= 15 is 0 Å². The van der Waals surface area contributed by atoms with Crippen molar-refractivity contribution in [1.82, 2.24) is 20.3 Å². The minimum absolute atomic E-state index is 0.0884. The summed E-state index contributed by atoms with van der Waals surface area (Å²) >= 11 is 6.42. The first-order valence-corrected chi connectivity index (χ1v) is 10.9. The van der Waals surface area contributed by atoms with Crippen LogP contribution in [-0.2, 0) is 11.3 Å². The number of carbonyl (C=O) groups is 1. The van der Waals surface area contributed by atoms with Crippen LogP contribution in [0.5, 0.6) is 0 Å². The lowest BCUT2D eigenvalue weighted by Crippen LogP contribution is -2.39. The highest BCUT2D eigenvalue weighted by atomic mass is 35.5. The predicted molar refractivity (Wildman–Crippen MR) is 122 cm³/mol. The zero-order valence-electron chi connectivity index (χ0n) is 17.5. The second-order valence-corrected chi connectivity index (χ2v) is 8.72. The topological polar surface area (TPSA) is 87.7 Å². The van der Waals surface area contributed by atoms with Crippen LogP contribution in [0.1, 0.15) is 44.6 Å². The van der Waals surface area contributed by atoms with Gasteiger partial charge in [-0.1, -0.05) is 74.2 Å².